The lowest BCUT2D eigenvalue weighted by atomic mass is 10.0. The zero-order valence-electron chi connectivity index (χ0n) is 7.20. The Morgan fingerprint density at radius 2 is 2.25 bits per heavy atom. The maximum absolute atomic E-state index is 11.0. The third-order valence-electron chi connectivity index (χ3n) is 1.98. The van der Waals surface area contributed by atoms with E-state index in [1.165, 1.54) is 0 Å². The molecule has 0 aromatic heterocycles. The fraction of sp³-hybridized carbons (Fsp3) is 0.750. The summed E-state index contributed by atoms with van der Waals surface area (Å²) in [5.74, 6) is -0.856. The summed E-state index contributed by atoms with van der Waals surface area (Å²) in [6.07, 6.45) is 0.0869. The zero-order valence-corrected chi connectivity index (χ0v) is 7.20. The van der Waals surface area contributed by atoms with Crippen LogP contribution in [0.2, 0.25) is 0 Å². The van der Waals surface area contributed by atoms with Gasteiger partial charge in [-0.2, -0.15) is 0 Å². The van der Waals surface area contributed by atoms with E-state index in [0.29, 0.717) is 0 Å². The minimum atomic E-state index is -0.698. The molecule has 1 aliphatic heterocycles. The quantitative estimate of drug-likeness (QED) is 0.569. The Bertz CT molecular complexity index is 199. The summed E-state index contributed by atoms with van der Waals surface area (Å²) < 4.78 is 9.45. The van der Waals surface area contributed by atoms with Crippen molar-refractivity contribution in [1.29, 1.82) is 0 Å². The van der Waals surface area contributed by atoms with Crippen molar-refractivity contribution in [3.05, 3.63) is 0 Å². The molecule has 0 bridgehead atoms. The average molecular weight is 172 g/mol. The zero-order chi connectivity index (χ0) is 9.14. The minimum absolute atomic E-state index is 0.0294. The third-order valence-corrected chi connectivity index (χ3v) is 1.98. The number of esters is 2. The second-order valence-electron chi connectivity index (χ2n) is 2.90. The van der Waals surface area contributed by atoms with E-state index in [2.05, 4.69) is 4.74 Å². The van der Waals surface area contributed by atoms with Crippen LogP contribution in [0.5, 0.6) is 0 Å². The first-order chi connectivity index (χ1) is 5.65. The van der Waals surface area contributed by atoms with Gasteiger partial charge in [0, 0.05) is 5.92 Å². The first kappa shape index (κ1) is 9.03. The molecule has 2 unspecified atom stereocenters. The monoisotopic (exact) mass is 172 g/mol. The van der Waals surface area contributed by atoms with Crippen LogP contribution in [0.4, 0.5) is 0 Å². The number of cyclic esters (lactones) is 2. The number of hydrogen-bond acceptors (Lipinski definition) is 4. The second kappa shape index (κ2) is 3.56. The summed E-state index contributed by atoms with van der Waals surface area (Å²) >= 11 is 0. The highest BCUT2D eigenvalue weighted by atomic mass is 16.6. The first-order valence-corrected chi connectivity index (χ1v) is 4.01. The molecule has 68 valence electrons. The van der Waals surface area contributed by atoms with Crippen molar-refractivity contribution in [2.45, 2.75) is 26.4 Å². The number of ether oxygens (including phenoxy) is 2. The molecule has 0 aliphatic carbocycles. The standard InChI is InChI=1S/C8H12O4/c1-3-5(2)7-8(10)11-4-6(9)12-7/h5,7H,3-4H2,1-2H3. The topological polar surface area (TPSA) is 52.6 Å². The van der Waals surface area contributed by atoms with Gasteiger partial charge in [0.2, 0.25) is 6.10 Å². The van der Waals surface area contributed by atoms with Gasteiger partial charge in [-0.05, 0) is 6.42 Å². The van der Waals surface area contributed by atoms with Gasteiger partial charge in [-0.3, -0.25) is 0 Å². The maximum Gasteiger partial charge on any atom is 0.348 e. The van der Waals surface area contributed by atoms with E-state index < -0.39 is 18.0 Å². The second-order valence-corrected chi connectivity index (χ2v) is 2.90. The van der Waals surface area contributed by atoms with Gasteiger partial charge >= 0.3 is 11.9 Å². The molecule has 0 N–H and O–H groups in total. The van der Waals surface area contributed by atoms with E-state index in [0.717, 1.165) is 6.42 Å². The van der Waals surface area contributed by atoms with Gasteiger partial charge in [-0.1, -0.05) is 13.8 Å². The average Bonchev–Trinajstić information content (AvgIpc) is 2.08. The Morgan fingerprint density at radius 3 is 2.83 bits per heavy atom. The summed E-state index contributed by atoms with van der Waals surface area (Å²) in [6, 6.07) is 0. The fourth-order valence-electron chi connectivity index (χ4n) is 0.998. The molecule has 1 rings (SSSR count). The van der Waals surface area contributed by atoms with Crippen LogP contribution in [-0.2, 0) is 19.1 Å². The van der Waals surface area contributed by atoms with Crippen LogP contribution in [0.25, 0.3) is 0 Å². The molecule has 0 saturated carbocycles. The Hall–Kier alpha value is -1.06. The molecule has 1 saturated heterocycles. The number of hydrogen-bond donors (Lipinski definition) is 0. The smallest absolute Gasteiger partial charge is 0.348 e. The summed E-state index contributed by atoms with van der Waals surface area (Å²) in [7, 11) is 0. The van der Waals surface area contributed by atoms with E-state index in [1.54, 1.807) is 0 Å². The van der Waals surface area contributed by atoms with Crippen LogP contribution in [0.15, 0.2) is 0 Å². The molecule has 0 aromatic carbocycles. The van der Waals surface area contributed by atoms with Crippen LogP contribution in [-0.4, -0.2) is 24.6 Å². The Morgan fingerprint density at radius 1 is 1.58 bits per heavy atom. The SMILES string of the molecule is CCC(C)C1OC(=O)COC1=O. The van der Waals surface area contributed by atoms with Gasteiger partial charge in [0.05, 0.1) is 0 Å². The maximum atomic E-state index is 11.0. The lowest BCUT2D eigenvalue weighted by molar-refractivity contribution is -0.188. The fourth-order valence-corrected chi connectivity index (χ4v) is 0.998. The van der Waals surface area contributed by atoms with Crippen molar-refractivity contribution in [2.24, 2.45) is 5.92 Å². The molecular weight excluding hydrogens is 160 g/mol. The van der Waals surface area contributed by atoms with Crippen molar-refractivity contribution in [3.63, 3.8) is 0 Å². The van der Waals surface area contributed by atoms with E-state index in [-0.39, 0.29) is 12.5 Å². The molecule has 1 aliphatic rings. The molecule has 12 heavy (non-hydrogen) atoms. The van der Waals surface area contributed by atoms with Crippen LogP contribution < -0.4 is 0 Å². The number of rotatable bonds is 2. The minimum Gasteiger partial charge on any atom is -0.451 e. The molecular formula is C8H12O4. The van der Waals surface area contributed by atoms with Gasteiger partial charge in [0.1, 0.15) is 0 Å². The lowest BCUT2D eigenvalue weighted by Gasteiger charge is -2.25. The Labute approximate surface area is 70.8 Å². The van der Waals surface area contributed by atoms with Gasteiger partial charge in [0.15, 0.2) is 6.61 Å². The normalized spacial score (nSPS) is 26.0. The summed E-state index contributed by atoms with van der Waals surface area (Å²) in [5.41, 5.74) is 0. The first-order valence-electron chi connectivity index (χ1n) is 4.01. The van der Waals surface area contributed by atoms with Gasteiger partial charge in [-0.25, -0.2) is 9.59 Å². The van der Waals surface area contributed by atoms with Crippen molar-refractivity contribution in [2.75, 3.05) is 6.61 Å². The lowest BCUT2D eigenvalue weighted by Crippen LogP contribution is -2.41. The van der Waals surface area contributed by atoms with Crippen LogP contribution >= 0.6 is 0 Å². The molecule has 1 fully saturated rings. The molecule has 4 heteroatoms. The molecule has 0 spiro atoms. The van der Waals surface area contributed by atoms with Gasteiger partial charge < -0.3 is 9.47 Å². The van der Waals surface area contributed by atoms with Crippen molar-refractivity contribution in [1.82, 2.24) is 0 Å². The van der Waals surface area contributed by atoms with Gasteiger partial charge in [0.25, 0.3) is 0 Å². The van der Waals surface area contributed by atoms with Crippen LogP contribution in [0, 0.1) is 5.92 Å². The molecule has 2 atom stereocenters. The van der Waals surface area contributed by atoms with Crippen LogP contribution in [0.3, 0.4) is 0 Å². The van der Waals surface area contributed by atoms with Crippen molar-refractivity contribution in [3.8, 4) is 0 Å². The van der Waals surface area contributed by atoms with E-state index >= 15 is 0 Å². The van der Waals surface area contributed by atoms with Crippen LogP contribution in [0.1, 0.15) is 20.3 Å². The third kappa shape index (κ3) is 1.75. The Balaban J connectivity index is 2.60. The highest BCUT2D eigenvalue weighted by Crippen LogP contribution is 2.16. The molecule has 1 heterocycles. The highest BCUT2D eigenvalue weighted by Gasteiger charge is 2.33. The highest BCUT2D eigenvalue weighted by molar-refractivity contribution is 5.85. The molecule has 0 aromatic rings. The van der Waals surface area contributed by atoms with E-state index in [9.17, 15) is 9.59 Å². The largest absolute Gasteiger partial charge is 0.451 e. The molecule has 4 nitrogen and oxygen atoms in total. The van der Waals surface area contributed by atoms with Crippen molar-refractivity contribution < 1.29 is 19.1 Å². The molecule has 0 radical (unpaired) electrons. The summed E-state index contributed by atoms with van der Waals surface area (Å²) in [4.78, 5) is 21.8. The number of carbonyl (C=O) groups excluding carboxylic acids is 2. The summed E-state index contributed by atoms with van der Waals surface area (Å²) in [5, 5.41) is 0. The Kier molecular flexibility index (Phi) is 2.68. The predicted molar refractivity (Wildman–Crippen MR) is 40.3 cm³/mol. The number of carbonyl (C=O) groups is 2. The molecule has 0 amide bonds. The predicted octanol–water partition coefficient (Wildman–Crippen LogP) is 0.501. The van der Waals surface area contributed by atoms with Crippen molar-refractivity contribution >= 4 is 11.9 Å². The van der Waals surface area contributed by atoms with Gasteiger partial charge in [-0.15, -0.1) is 0 Å². The van der Waals surface area contributed by atoms with E-state index in [4.69, 9.17) is 4.74 Å². The summed E-state index contributed by atoms with van der Waals surface area (Å²) in [6.45, 7) is 3.54. The van der Waals surface area contributed by atoms with E-state index in [1.807, 2.05) is 13.8 Å².